The molecule has 1 aromatic carbocycles. The summed E-state index contributed by atoms with van der Waals surface area (Å²) in [7, 11) is 0.0315. The normalized spacial score (nSPS) is 20.9. The van der Waals surface area contributed by atoms with Crippen LogP contribution in [0, 0.1) is 0 Å². The van der Waals surface area contributed by atoms with Gasteiger partial charge in [0.15, 0.2) is 26.5 Å². The number of carbonyl (C=O) groups is 1. The fourth-order valence-electron chi connectivity index (χ4n) is 2.97. The lowest BCUT2D eigenvalue weighted by atomic mass is 10.0. The Morgan fingerprint density at radius 1 is 1.26 bits per heavy atom. The van der Waals surface area contributed by atoms with E-state index in [1.54, 1.807) is 27.2 Å². The van der Waals surface area contributed by atoms with E-state index in [-0.39, 0.29) is 11.5 Å². The highest BCUT2D eigenvalue weighted by Crippen LogP contribution is 2.33. The second-order valence-electron chi connectivity index (χ2n) is 6.59. The minimum atomic E-state index is -3.09. The van der Waals surface area contributed by atoms with Crippen molar-refractivity contribution in [1.29, 1.82) is 0 Å². The Hall–Kier alpha value is -2.33. The van der Waals surface area contributed by atoms with E-state index in [0.29, 0.717) is 28.7 Å². The smallest absolute Gasteiger partial charge is 0.321 e. The van der Waals surface area contributed by atoms with Gasteiger partial charge < -0.3 is 14.8 Å². The topological polar surface area (TPSA) is 107 Å². The van der Waals surface area contributed by atoms with Crippen molar-refractivity contribution in [2.24, 2.45) is 0 Å². The lowest BCUT2D eigenvalue weighted by molar-refractivity contribution is 0.242. The predicted octanol–water partition coefficient (Wildman–Crippen LogP) is 2.53. The van der Waals surface area contributed by atoms with Gasteiger partial charge in [-0.05, 0) is 31.5 Å². The first kappa shape index (κ1) is 19.4. The van der Waals surface area contributed by atoms with Crippen LogP contribution in [0.5, 0.6) is 11.5 Å². The molecule has 3 rings (SSSR count). The molecular weight excluding hydrogens is 390 g/mol. The molecule has 0 aliphatic carbocycles. The highest BCUT2D eigenvalue weighted by Gasteiger charge is 2.39. The summed E-state index contributed by atoms with van der Waals surface area (Å²) in [5.74, 6) is 1.24. The molecule has 0 saturated carbocycles. The minimum Gasteiger partial charge on any atom is -0.493 e. The maximum absolute atomic E-state index is 12.2. The third kappa shape index (κ3) is 4.51. The molecular formula is C17H21N3O5S2. The van der Waals surface area contributed by atoms with Crippen molar-refractivity contribution >= 4 is 32.3 Å². The molecule has 146 valence electrons. The molecule has 1 fully saturated rings. The fraction of sp³-hybridized carbons (Fsp3) is 0.412. The molecule has 2 aromatic rings. The number of amides is 2. The maximum atomic E-state index is 12.2. The molecule has 1 aliphatic heterocycles. The SMILES string of the molecule is COc1ccc(-c2csc(NC(=O)N[C@@]3(C)CCS(=O)(=O)C3)n2)cc1OC. The summed E-state index contributed by atoms with van der Waals surface area (Å²) < 4.78 is 33.8. The number of ether oxygens (including phenoxy) is 2. The molecule has 0 unspecified atom stereocenters. The van der Waals surface area contributed by atoms with E-state index in [0.717, 1.165) is 5.56 Å². The zero-order valence-corrected chi connectivity index (χ0v) is 16.9. The zero-order chi connectivity index (χ0) is 19.7. The Bertz CT molecular complexity index is 957. The highest BCUT2D eigenvalue weighted by molar-refractivity contribution is 7.91. The van der Waals surface area contributed by atoms with Crippen LogP contribution >= 0.6 is 11.3 Å². The van der Waals surface area contributed by atoms with E-state index in [9.17, 15) is 13.2 Å². The third-order valence-electron chi connectivity index (χ3n) is 4.32. The summed E-state index contributed by atoms with van der Waals surface area (Å²) in [6, 6.07) is 4.98. The van der Waals surface area contributed by atoms with E-state index < -0.39 is 21.4 Å². The number of nitrogens with zero attached hydrogens (tertiary/aromatic N) is 1. The number of hydrogen-bond donors (Lipinski definition) is 2. The van der Waals surface area contributed by atoms with Crippen LogP contribution in [0.2, 0.25) is 0 Å². The van der Waals surface area contributed by atoms with Crippen molar-refractivity contribution in [3.05, 3.63) is 23.6 Å². The molecule has 0 radical (unpaired) electrons. The molecule has 0 spiro atoms. The third-order valence-corrected chi connectivity index (χ3v) is 6.98. The number of thiazole rings is 1. The molecule has 1 aliphatic rings. The summed E-state index contributed by atoms with van der Waals surface area (Å²) in [5.41, 5.74) is 0.754. The molecule has 27 heavy (non-hydrogen) atoms. The largest absolute Gasteiger partial charge is 0.493 e. The molecule has 2 heterocycles. The van der Waals surface area contributed by atoms with E-state index in [2.05, 4.69) is 15.6 Å². The van der Waals surface area contributed by atoms with Crippen molar-refractivity contribution in [2.75, 3.05) is 31.0 Å². The summed E-state index contributed by atoms with van der Waals surface area (Å²) in [5, 5.41) is 7.65. The van der Waals surface area contributed by atoms with Crippen LogP contribution in [-0.2, 0) is 9.84 Å². The second-order valence-corrected chi connectivity index (χ2v) is 9.63. The maximum Gasteiger partial charge on any atom is 0.321 e. The van der Waals surface area contributed by atoms with Crippen molar-refractivity contribution in [3.8, 4) is 22.8 Å². The molecule has 2 N–H and O–H groups in total. The minimum absolute atomic E-state index is 0.0534. The number of sulfone groups is 1. The van der Waals surface area contributed by atoms with Gasteiger partial charge in [-0.15, -0.1) is 11.3 Å². The fourth-order valence-corrected chi connectivity index (χ4v) is 5.78. The van der Waals surface area contributed by atoms with Gasteiger partial charge >= 0.3 is 6.03 Å². The lowest BCUT2D eigenvalue weighted by Gasteiger charge is -2.23. The van der Waals surface area contributed by atoms with Gasteiger partial charge in [-0.2, -0.15) is 0 Å². The van der Waals surface area contributed by atoms with Crippen molar-refractivity contribution < 1.29 is 22.7 Å². The lowest BCUT2D eigenvalue weighted by Crippen LogP contribution is -2.48. The van der Waals surface area contributed by atoms with E-state index >= 15 is 0 Å². The van der Waals surface area contributed by atoms with Crippen LogP contribution in [0.25, 0.3) is 11.3 Å². The number of carbonyl (C=O) groups excluding carboxylic acids is 1. The summed E-state index contributed by atoms with van der Waals surface area (Å²) >= 11 is 1.28. The first-order valence-electron chi connectivity index (χ1n) is 8.21. The Morgan fingerprint density at radius 2 is 2.00 bits per heavy atom. The van der Waals surface area contributed by atoms with E-state index in [1.165, 1.54) is 11.3 Å². The Balaban J connectivity index is 1.68. The molecule has 1 saturated heterocycles. The van der Waals surface area contributed by atoms with Gasteiger partial charge in [0.2, 0.25) is 0 Å². The number of methoxy groups -OCH3 is 2. The highest BCUT2D eigenvalue weighted by atomic mass is 32.2. The van der Waals surface area contributed by atoms with E-state index in [4.69, 9.17) is 9.47 Å². The van der Waals surface area contributed by atoms with Gasteiger partial charge in [0, 0.05) is 10.9 Å². The average Bonchev–Trinajstić information content (AvgIpc) is 3.17. The number of urea groups is 1. The van der Waals surface area contributed by atoms with Crippen molar-refractivity contribution in [1.82, 2.24) is 10.3 Å². The number of hydrogen-bond acceptors (Lipinski definition) is 7. The van der Waals surface area contributed by atoms with Crippen molar-refractivity contribution in [3.63, 3.8) is 0 Å². The molecule has 10 heteroatoms. The van der Waals surface area contributed by atoms with Gasteiger partial charge in [-0.1, -0.05) is 0 Å². The second kappa shape index (κ2) is 7.35. The van der Waals surface area contributed by atoms with Gasteiger partial charge in [0.05, 0.1) is 37.0 Å². The average molecular weight is 412 g/mol. The number of benzene rings is 1. The number of nitrogens with one attached hydrogen (secondary N) is 2. The quantitative estimate of drug-likeness (QED) is 0.783. The zero-order valence-electron chi connectivity index (χ0n) is 15.2. The Labute approximate surface area is 161 Å². The molecule has 1 atom stereocenters. The summed E-state index contributed by atoms with van der Waals surface area (Å²) in [6.07, 6.45) is 0.400. The molecule has 1 aromatic heterocycles. The standard InChI is InChI=1S/C17H21N3O5S2/c1-17(6-7-27(22,23)10-17)20-15(21)19-16-18-12(9-26-16)11-4-5-13(24-2)14(8-11)25-3/h4-5,8-9H,6-7,10H2,1-3H3,(H2,18,19,20,21)/t17-/m0/s1. The molecule has 0 bridgehead atoms. The Kier molecular flexibility index (Phi) is 5.29. The van der Waals surface area contributed by atoms with Crippen LogP contribution in [0.3, 0.4) is 0 Å². The van der Waals surface area contributed by atoms with Crippen LogP contribution in [0.4, 0.5) is 9.93 Å². The predicted molar refractivity (Wildman–Crippen MR) is 104 cm³/mol. The summed E-state index contributed by atoms with van der Waals surface area (Å²) in [4.78, 5) is 16.6. The monoisotopic (exact) mass is 411 g/mol. The first-order chi connectivity index (χ1) is 12.7. The number of anilines is 1. The number of rotatable bonds is 5. The first-order valence-corrected chi connectivity index (χ1v) is 10.9. The van der Waals surface area contributed by atoms with Crippen LogP contribution < -0.4 is 20.1 Å². The van der Waals surface area contributed by atoms with Crippen LogP contribution in [0.15, 0.2) is 23.6 Å². The Morgan fingerprint density at radius 3 is 2.63 bits per heavy atom. The van der Waals surface area contributed by atoms with Gasteiger partial charge in [0.25, 0.3) is 0 Å². The van der Waals surface area contributed by atoms with Gasteiger partial charge in [-0.25, -0.2) is 18.2 Å². The van der Waals surface area contributed by atoms with Gasteiger partial charge in [-0.3, -0.25) is 5.32 Å². The van der Waals surface area contributed by atoms with Gasteiger partial charge in [0.1, 0.15) is 0 Å². The van der Waals surface area contributed by atoms with E-state index in [1.807, 2.05) is 17.5 Å². The molecule has 2 amide bonds. The van der Waals surface area contributed by atoms with Crippen LogP contribution in [-0.4, -0.2) is 50.7 Å². The molecule has 8 nitrogen and oxygen atoms in total. The van der Waals surface area contributed by atoms with Crippen LogP contribution in [0.1, 0.15) is 13.3 Å². The summed E-state index contributed by atoms with van der Waals surface area (Å²) in [6.45, 7) is 1.73. The number of aromatic nitrogens is 1. The van der Waals surface area contributed by atoms with Crippen molar-refractivity contribution in [2.45, 2.75) is 18.9 Å².